The highest BCUT2D eigenvalue weighted by atomic mass is 16.5. The molecule has 0 saturated carbocycles. The normalized spacial score (nSPS) is 22.7. The van der Waals surface area contributed by atoms with E-state index in [0.717, 1.165) is 22.0 Å². The topological polar surface area (TPSA) is 91.9 Å². The number of hydrogen-bond donors (Lipinski definition) is 2. The maximum absolute atomic E-state index is 12.8. The van der Waals surface area contributed by atoms with Crippen LogP contribution in [-0.4, -0.2) is 47.6 Å². The van der Waals surface area contributed by atoms with Crippen molar-refractivity contribution in [1.82, 2.24) is 9.88 Å². The molecule has 3 aromatic rings. The molecule has 2 aliphatic rings. The molecule has 2 aliphatic heterocycles. The molecule has 7 nitrogen and oxygen atoms in total. The van der Waals surface area contributed by atoms with E-state index < -0.39 is 11.5 Å². The van der Waals surface area contributed by atoms with Gasteiger partial charge in [0.1, 0.15) is 0 Å². The van der Waals surface area contributed by atoms with Crippen LogP contribution in [0.4, 0.5) is 0 Å². The van der Waals surface area contributed by atoms with Gasteiger partial charge in [-0.1, -0.05) is 30.3 Å². The summed E-state index contributed by atoms with van der Waals surface area (Å²) in [6.45, 7) is 0.267. The lowest BCUT2D eigenvalue weighted by atomic mass is 9.77. The van der Waals surface area contributed by atoms with Crippen LogP contribution in [0.15, 0.2) is 42.5 Å². The van der Waals surface area contributed by atoms with Crippen LogP contribution in [0.1, 0.15) is 35.6 Å². The Morgan fingerprint density at radius 1 is 1.17 bits per heavy atom. The molecule has 1 aromatic heterocycles. The van der Waals surface area contributed by atoms with E-state index in [9.17, 15) is 14.7 Å². The first-order valence-electron chi connectivity index (χ1n) is 9.88. The number of nitrogens with zero attached hydrogens (tertiary/aromatic N) is 1. The van der Waals surface area contributed by atoms with Crippen molar-refractivity contribution in [1.29, 1.82) is 0 Å². The van der Waals surface area contributed by atoms with Crippen LogP contribution >= 0.6 is 0 Å². The molecule has 2 N–H and O–H groups in total. The molecule has 2 aromatic carbocycles. The van der Waals surface area contributed by atoms with Gasteiger partial charge < -0.3 is 24.5 Å². The van der Waals surface area contributed by atoms with E-state index >= 15 is 0 Å². The second-order valence-electron chi connectivity index (χ2n) is 7.76. The van der Waals surface area contributed by atoms with Crippen LogP contribution in [0.3, 0.4) is 0 Å². The largest absolute Gasteiger partial charge is 0.493 e. The zero-order chi connectivity index (χ0) is 21.0. The molecule has 3 heterocycles. The minimum absolute atomic E-state index is 0.145. The van der Waals surface area contributed by atoms with Crippen molar-refractivity contribution in [3.63, 3.8) is 0 Å². The lowest BCUT2D eigenvalue weighted by molar-refractivity contribution is -0.156. The zero-order valence-electron chi connectivity index (χ0n) is 16.8. The average Bonchev–Trinajstić information content (AvgIpc) is 3.31. The number of para-hydroxylation sites is 2. The number of carbonyl (C=O) groups excluding carboxylic acids is 1. The Labute approximate surface area is 173 Å². The lowest BCUT2D eigenvalue weighted by Crippen LogP contribution is -2.54. The summed E-state index contributed by atoms with van der Waals surface area (Å²) in [5, 5.41) is 11.2. The average molecular weight is 406 g/mol. The van der Waals surface area contributed by atoms with Crippen molar-refractivity contribution in [3.05, 3.63) is 59.3 Å². The monoisotopic (exact) mass is 406 g/mol. The molecule has 7 heteroatoms. The number of carboxylic acids is 1. The fourth-order valence-corrected chi connectivity index (χ4v) is 5.18. The predicted molar refractivity (Wildman–Crippen MR) is 110 cm³/mol. The first-order valence-corrected chi connectivity index (χ1v) is 9.88. The molecule has 1 amide bonds. The van der Waals surface area contributed by atoms with E-state index in [1.807, 2.05) is 42.5 Å². The van der Waals surface area contributed by atoms with E-state index in [1.54, 1.807) is 14.2 Å². The molecule has 154 valence electrons. The summed E-state index contributed by atoms with van der Waals surface area (Å²) in [6.07, 6.45) is 0.464. The maximum Gasteiger partial charge on any atom is 0.335 e. The lowest BCUT2D eigenvalue weighted by Gasteiger charge is -2.42. The number of H-pyrrole nitrogens is 1. The molecule has 1 fully saturated rings. The summed E-state index contributed by atoms with van der Waals surface area (Å²) >= 11 is 0. The van der Waals surface area contributed by atoms with Crippen LogP contribution in [0.5, 0.6) is 11.5 Å². The molecule has 1 saturated heterocycles. The van der Waals surface area contributed by atoms with Gasteiger partial charge >= 0.3 is 5.97 Å². The van der Waals surface area contributed by atoms with E-state index in [0.29, 0.717) is 17.2 Å². The number of methoxy groups -OCH3 is 2. The summed E-state index contributed by atoms with van der Waals surface area (Å²) in [6, 6.07) is 13.4. The highest BCUT2D eigenvalue weighted by Crippen LogP contribution is 2.52. The number of hydrogen-bond acceptors (Lipinski definition) is 4. The molecular formula is C23H22N2O5. The predicted octanol–water partition coefficient (Wildman–Crippen LogP) is 3.23. The Kier molecular flexibility index (Phi) is 4.03. The number of aliphatic carboxylic acids is 1. The molecular weight excluding hydrogens is 384 g/mol. The Bertz CT molecular complexity index is 1180. The third kappa shape index (κ3) is 2.26. The molecule has 30 heavy (non-hydrogen) atoms. The Balaban J connectivity index is 1.84. The third-order valence-electron chi connectivity index (χ3n) is 6.50. The number of amides is 1. The van der Waals surface area contributed by atoms with Crippen molar-refractivity contribution in [3.8, 4) is 11.5 Å². The fraction of sp³-hybridized carbons (Fsp3) is 0.304. The second-order valence-corrected chi connectivity index (χ2v) is 7.76. The first kappa shape index (κ1) is 18.5. The molecule has 0 unspecified atom stereocenters. The molecule has 5 rings (SSSR count). The van der Waals surface area contributed by atoms with Gasteiger partial charge in [-0.3, -0.25) is 4.79 Å². The molecule has 0 spiro atoms. The Hall–Kier alpha value is -3.48. The number of rotatable bonds is 4. The van der Waals surface area contributed by atoms with Crippen LogP contribution in [0.2, 0.25) is 0 Å². The quantitative estimate of drug-likeness (QED) is 0.694. The van der Waals surface area contributed by atoms with Gasteiger partial charge in [-0.05, 0) is 24.1 Å². The number of aromatic amines is 1. The molecule has 2 atom stereocenters. The number of fused-ring (bicyclic) bond motifs is 5. The van der Waals surface area contributed by atoms with Crippen molar-refractivity contribution in [2.24, 2.45) is 0 Å². The van der Waals surface area contributed by atoms with Crippen molar-refractivity contribution < 1.29 is 24.2 Å². The van der Waals surface area contributed by atoms with Crippen LogP contribution in [0, 0.1) is 0 Å². The van der Waals surface area contributed by atoms with Gasteiger partial charge in [0.05, 0.1) is 19.9 Å². The van der Waals surface area contributed by atoms with Gasteiger partial charge in [-0.15, -0.1) is 0 Å². The highest BCUT2D eigenvalue weighted by Gasteiger charge is 2.58. The number of carbonyl (C=O) groups is 2. The summed E-state index contributed by atoms with van der Waals surface area (Å²) < 4.78 is 11.2. The van der Waals surface area contributed by atoms with Crippen molar-refractivity contribution in [2.45, 2.75) is 24.3 Å². The van der Waals surface area contributed by atoms with Crippen LogP contribution in [-0.2, 0) is 15.1 Å². The highest BCUT2D eigenvalue weighted by molar-refractivity contribution is 5.96. The SMILES string of the molecule is COc1cccc([C@H]2CN3C(=O)CC[C@@]3(C(=O)O)c3[nH]c4ccccc4c32)c1OC. The third-order valence-corrected chi connectivity index (χ3v) is 6.50. The number of aromatic nitrogens is 1. The second kappa shape index (κ2) is 6.52. The fourth-order valence-electron chi connectivity index (χ4n) is 5.18. The van der Waals surface area contributed by atoms with Gasteiger partial charge in [-0.25, -0.2) is 4.79 Å². The van der Waals surface area contributed by atoms with E-state index in [2.05, 4.69) is 4.98 Å². The molecule has 0 radical (unpaired) electrons. The van der Waals surface area contributed by atoms with Crippen molar-refractivity contribution in [2.75, 3.05) is 20.8 Å². The summed E-state index contributed by atoms with van der Waals surface area (Å²) in [7, 11) is 3.17. The first-order chi connectivity index (χ1) is 14.5. The van der Waals surface area contributed by atoms with Gasteiger partial charge in [0.2, 0.25) is 5.91 Å². The number of ether oxygens (including phenoxy) is 2. The summed E-state index contributed by atoms with van der Waals surface area (Å²) in [4.78, 5) is 30.2. The maximum atomic E-state index is 12.8. The van der Waals surface area contributed by atoms with Gasteiger partial charge in [-0.2, -0.15) is 0 Å². The minimum atomic E-state index is -1.37. The standard InChI is InChI=1S/C23H22N2O5/c1-29-17-9-5-7-13(20(17)30-2)15-12-25-18(26)10-11-23(25,22(27)28)21-19(15)14-6-3-4-8-16(14)24-21/h3-9,15,24H,10-12H2,1-2H3,(H,27,28)/t15-,23+/m1/s1. The molecule has 0 aliphatic carbocycles. The summed E-state index contributed by atoms with van der Waals surface area (Å²) in [5.74, 6) is -0.212. The van der Waals surface area contributed by atoms with E-state index in [1.165, 1.54) is 4.90 Å². The Morgan fingerprint density at radius 3 is 2.70 bits per heavy atom. The number of carboxylic acid groups (broad SMARTS) is 1. The molecule has 0 bridgehead atoms. The van der Waals surface area contributed by atoms with E-state index in [-0.39, 0.29) is 31.2 Å². The number of benzene rings is 2. The van der Waals surface area contributed by atoms with Gasteiger partial charge in [0, 0.05) is 35.3 Å². The van der Waals surface area contributed by atoms with E-state index in [4.69, 9.17) is 9.47 Å². The number of nitrogens with one attached hydrogen (secondary N) is 1. The summed E-state index contributed by atoms with van der Waals surface area (Å²) in [5.41, 5.74) is 1.85. The van der Waals surface area contributed by atoms with Gasteiger partial charge in [0.15, 0.2) is 17.0 Å². The minimum Gasteiger partial charge on any atom is -0.493 e. The zero-order valence-corrected chi connectivity index (χ0v) is 16.8. The van der Waals surface area contributed by atoms with Crippen LogP contribution < -0.4 is 9.47 Å². The van der Waals surface area contributed by atoms with Gasteiger partial charge in [0.25, 0.3) is 0 Å². The smallest absolute Gasteiger partial charge is 0.335 e. The van der Waals surface area contributed by atoms with Crippen molar-refractivity contribution >= 4 is 22.8 Å². The Morgan fingerprint density at radius 2 is 1.97 bits per heavy atom. The van der Waals surface area contributed by atoms with Crippen LogP contribution in [0.25, 0.3) is 10.9 Å².